The lowest BCUT2D eigenvalue weighted by atomic mass is 9.97. The number of benzene rings is 6. The van der Waals surface area contributed by atoms with Crippen LogP contribution in [0.5, 0.6) is 0 Å². The van der Waals surface area contributed by atoms with Gasteiger partial charge in [0.05, 0.1) is 30.6 Å². The summed E-state index contributed by atoms with van der Waals surface area (Å²) in [6.45, 7) is 3.71. The molecule has 147 heavy (non-hydrogen) atoms. The summed E-state index contributed by atoms with van der Waals surface area (Å²) < 4.78 is 26.0. The molecule has 9 aromatic rings. The van der Waals surface area contributed by atoms with Gasteiger partial charge in [0.1, 0.15) is 76.3 Å². The van der Waals surface area contributed by atoms with E-state index in [4.69, 9.17) is 11.1 Å². The molecule has 1 saturated carbocycles. The van der Waals surface area contributed by atoms with E-state index < -0.39 is 196 Å². The first kappa shape index (κ1) is 110. The number of nitrogens with one attached hydrogen (secondary N) is 23. The number of guanidine groups is 2. The molecule has 0 bridgehead atoms. The summed E-state index contributed by atoms with van der Waals surface area (Å²) in [6, 6.07) is 23.8. The third-order valence-corrected chi connectivity index (χ3v) is 27.5. The fourth-order valence-electron chi connectivity index (χ4n) is 18.7. The van der Waals surface area contributed by atoms with Gasteiger partial charge in [0, 0.05) is 137 Å². The lowest BCUT2D eigenvalue weighted by Gasteiger charge is -2.28. The second kappa shape index (κ2) is 55.1. The van der Waals surface area contributed by atoms with Crippen molar-refractivity contribution in [3.05, 3.63) is 186 Å². The number of aromatic nitrogens is 4. The molecule has 3 aromatic heterocycles. The van der Waals surface area contributed by atoms with E-state index in [-0.39, 0.29) is 128 Å². The average molecular weight is 2040 g/mol. The van der Waals surface area contributed by atoms with Crippen molar-refractivity contribution >= 4 is 154 Å². The molecule has 5 heterocycles. The molecule has 2 aliphatic heterocycles. The minimum Gasteiger partial charge on any atom is -0.370 e. The molecule has 12 rings (SSSR count). The number of rotatable bonds is 31. The highest BCUT2D eigenvalue weighted by molar-refractivity contribution is 7.90. The number of carbonyl (C=O) groups excluding carboxylic acids is 15. The Labute approximate surface area is 852 Å². The molecular formula is C104H137N25O17S. The van der Waals surface area contributed by atoms with E-state index in [9.17, 15) is 57.0 Å². The summed E-state index contributed by atoms with van der Waals surface area (Å²) in [5.41, 5.74) is 10.1. The van der Waals surface area contributed by atoms with Crippen LogP contribution in [0.1, 0.15) is 170 Å². The molecule has 3 unspecified atom stereocenters. The van der Waals surface area contributed by atoms with Crippen LogP contribution in [-0.2, 0) is 114 Å². The second-order valence-corrected chi connectivity index (χ2v) is 40.3. The second-order valence-electron chi connectivity index (χ2n) is 38.0. The summed E-state index contributed by atoms with van der Waals surface area (Å²) >= 11 is 0. The summed E-state index contributed by atoms with van der Waals surface area (Å²) in [5.74, 6) is -13.2. The van der Waals surface area contributed by atoms with Crippen molar-refractivity contribution in [1.82, 2.24) is 116 Å². The van der Waals surface area contributed by atoms with Crippen molar-refractivity contribution in [2.75, 3.05) is 51.3 Å². The van der Waals surface area contributed by atoms with Crippen LogP contribution in [0.3, 0.4) is 0 Å². The van der Waals surface area contributed by atoms with Crippen molar-refractivity contribution in [3.63, 3.8) is 0 Å². The van der Waals surface area contributed by atoms with E-state index in [0.29, 0.717) is 98.4 Å². The van der Waals surface area contributed by atoms with Crippen molar-refractivity contribution in [1.29, 1.82) is 10.8 Å². The Kier molecular flexibility index (Phi) is 41.4. The van der Waals surface area contributed by atoms with Crippen molar-refractivity contribution in [3.8, 4) is 0 Å². The highest BCUT2D eigenvalue weighted by Gasteiger charge is 2.40. The quantitative estimate of drug-likeness (QED) is 0.0169. The first-order valence-electron chi connectivity index (χ1n) is 50.5. The third kappa shape index (κ3) is 34.4. The molecule has 25 N–H and O–H groups in total. The summed E-state index contributed by atoms with van der Waals surface area (Å²) in [7, 11) is -3.90. The molecule has 3 aliphatic rings. The number of H-pyrrole nitrogens is 3. The van der Waals surface area contributed by atoms with Crippen LogP contribution in [0.4, 0.5) is 0 Å². The van der Waals surface area contributed by atoms with Crippen molar-refractivity contribution < 1.29 is 80.3 Å². The van der Waals surface area contributed by atoms with Crippen LogP contribution in [0.2, 0.25) is 0 Å². The number of sulfone groups is 1. The van der Waals surface area contributed by atoms with Gasteiger partial charge in [-0.15, -0.1) is 0 Å². The Hall–Kier alpha value is -15.3. The zero-order valence-corrected chi connectivity index (χ0v) is 83.8. The van der Waals surface area contributed by atoms with E-state index in [1.165, 1.54) is 19.4 Å². The number of nitrogens with zero attached hydrogens (tertiary/aromatic N) is 1. The number of unbranched alkanes of at least 4 members (excludes halogenated alkanes) is 1. The SMILES string of the molecule is CCCC[C@H](NC(C)=O)C(=O)N[C@H]1CC(=O)NCCCCCNC(=O)[C@H](Cc2c[nH]c3ccccc23)NC(=O)C(CCCNC(=N)NC2CCC(CC(=O)N[C@H]3CC(=O)NCCCCCNC(=O)[C@H](Cc4c[nH]c5ccccc45)NC(=O)[C@H](CCCNC(=N)N)NC(=O)[C@@H](Cc4cccc5ccccc45)NC(=O)[C@H](Cc4c[nH]cn4)NC3=O)C2)NC(=O)[C@@H](Cc2cccc3ccccc23)NC(=O)[C@H](CCS(C)(=O)=O)NC1=O. The molecule has 786 valence electrons. The highest BCUT2D eigenvalue weighted by Crippen LogP contribution is 2.30. The van der Waals surface area contributed by atoms with Crippen molar-refractivity contribution in [2.45, 2.75) is 247 Å². The normalized spacial score (nSPS) is 22.1. The van der Waals surface area contributed by atoms with Crippen LogP contribution in [0, 0.1) is 16.7 Å². The molecule has 0 radical (unpaired) electrons. The van der Waals surface area contributed by atoms with Gasteiger partial charge in [0.15, 0.2) is 11.9 Å². The Morgan fingerprint density at radius 3 is 1.35 bits per heavy atom. The number of aromatic amines is 3. The Balaban J connectivity index is 0.759. The summed E-state index contributed by atoms with van der Waals surface area (Å²) in [4.78, 5) is 234. The van der Waals surface area contributed by atoms with Crippen LogP contribution in [0.25, 0.3) is 43.4 Å². The molecular weight excluding hydrogens is 1900 g/mol. The molecule has 2 saturated heterocycles. The highest BCUT2D eigenvalue weighted by atomic mass is 32.2. The molecule has 6 aromatic carbocycles. The van der Waals surface area contributed by atoms with Gasteiger partial charge in [-0.05, 0) is 158 Å². The predicted octanol–water partition coefficient (Wildman–Crippen LogP) is 2.50. The molecule has 1 aliphatic carbocycles. The van der Waals surface area contributed by atoms with Gasteiger partial charge in [-0.1, -0.05) is 141 Å². The number of para-hydroxylation sites is 2. The molecule has 0 spiro atoms. The van der Waals surface area contributed by atoms with Gasteiger partial charge in [-0.3, -0.25) is 82.7 Å². The molecule has 42 nitrogen and oxygen atoms in total. The topological polar surface area (TPSA) is 641 Å². The van der Waals surface area contributed by atoms with Crippen LogP contribution in [-0.4, -0.2) is 253 Å². The zero-order valence-electron chi connectivity index (χ0n) is 83.0. The van der Waals surface area contributed by atoms with Crippen molar-refractivity contribution in [2.24, 2.45) is 11.7 Å². The Bertz CT molecular complexity index is 6260. The summed E-state index contributed by atoms with van der Waals surface area (Å²) in [6.07, 6.45) is 9.78. The van der Waals surface area contributed by atoms with Crippen LogP contribution >= 0.6 is 0 Å². The molecule has 13 atom stereocenters. The number of nitrogens with two attached hydrogens (primary N) is 1. The fraction of sp³-hybridized carbons (Fsp3) is 0.462. The maximum atomic E-state index is 15.6. The monoisotopic (exact) mass is 2040 g/mol. The van der Waals surface area contributed by atoms with Gasteiger partial charge in [-0.25, -0.2) is 13.4 Å². The molecule has 3 fully saturated rings. The molecule has 15 amide bonds. The third-order valence-electron chi connectivity index (χ3n) is 26.5. The Morgan fingerprint density at radius 1 is 0.449 bits per heavy atom. The zero-order chi connectivity index (χ0) is 105. The predicted molar refractivity (Wildman–Crippen MR) is 554 cm³/mol. The number of hydrogen-bond acceptors (Lipinski definition) is 20. The number of amides is 15. The minimum absolute atomic E-state index is 0.00367. The summed E-state index contributed by atoms with van der Waals surface area (Å²) in [5, 5.41) is 72.6. The minimum atomic E-state index is -3.90. The van der Waals surface area contributed by atoms with E-state index in [1.54, 1.807) is 48.8 Å². The van der Waals surface area contributed by atoms with Gasteiger partial charge in [-0.2, -0.15) is 0 Å². The van der Waals surface area contributed by atoms with Gasteiger partial charge >= 0.3 is 0 Å². The number of imidazole rings is 1. The number of carbonyl (C=O) groups is 15. The molecule has 43 heteroatoms. The smallest absolute Gasteiger partial charge is 0.243 e. The van der Waals surface area contributed by atoms with Gasteiger partial charge in [0.2, 0.25) is 88.6 Å². The van der Waals surface area contributed by atoms with Crippen LogP contribution < -0.4 is 101 Å². The first-order chi connectivity index (χ1) is 70.8. The lowest BCUT2D eigenvalue weighted by molar-refractivity contribution is -0.136. The first-order valence-corrected chi connectivity index (χ1v) is 52.6. The van der Waals surface area contributed by atoms with E-state index >= 15 is 28.8 Å². The van der Waals surface area contributed by atoms with Crippen LogP contribution in [0.15, 0.2) is 158 Å². The standard InChI is InChI=1S/C104H137N25O17S/c1-4-5-34-78(118-62(2)130)94(136)129-88-57-90(132)110-43-17-7-19-45-112-93(135)83(54-69-59-116-77-36-15-13-33-75(69)77)125-96(138)80(122-98(140)84(51-66-28-20-26-64-24-8-10-30-72(64)66)126-97(139)81(123-102(88)144)41-48-147(3,145)146)38-23-47-114-104(107)119-70-40-39-63(49-70)50-91(133)120-87-56-89(131)109-42-16-6-18-44-111-92(134)82(53-68-58-115-76-35-14-12-32-74(68)76)124-95(137)79(37-22-46-113-103(105)106)121-99(141)85(52-67-29-21-27-65-25-9-11-31-73(65)67)127-100(142)86(128-101(87)143)55-71-60-108-61-117-71/h8-15,20-21,24-33,35-36,58-61,63,70,78-88,115-116H,4-7,16-19,22-23,34,37-57H2,1-3H3,(H,108,117)(H,109,131)(H,110,132)(H,111,134)(H,112,135)(H,118,130)(H,120,133)(H,121,141)(H,122,140)(H,123,144)(H,124,137)(H,125,138)(H,126,139)(H,127,142)(H,128,143)(H,129,136)(H4,105,106,113)(H3,107,114,119)/t63?,70?,78-,79-,80?,81-,82-,83-,84+,85+,86-,87-,88-/m0/s1. The largest absolute Gasteiger partial charge is 0.370 e. The number of fused-ring (bicyclic) bond motifs is 4. The average Bonchev–Trinajstić information content (AvgIpc) is 1.76. The van der Waals surface area contributed by atoms with Gasteiger partial charge < -0.3 is 116 Å². The van der Waals surface area contributed by atoms with E-state index in [0.717, 1.165) is 49.8 Å². The lowest BCUT2D eigenvalue weighted by Crippen LogP contribution is -2.60. The fourth-order valence-corrected chi connectivity index (χ4v) is 19.4. The van der Waals surface area contributed by atoms with Gasteiger partial charge in [0.25, 0.3) is 0 Å². The maximum absolute atomic E-state index is 15.6. The maximum Gasteiger partial charge on any atom is 0.243 e. The van der Waals surface area contributed by atoms with E-state index in [2.05, 4.69) is 116 Å². The Morgan fingerprint density at radius 2 is 0.871 bits per heavy atom. The van der Waals surface area contributed by atoms with E-state index in [1.807, 2.05) is 104 Å². The number of hydrogen-bond donors (Lipinski definition) is 24.